The van der Waals surface area contributed by atoms with Crippen molar-refractivity contribution in [1.29, 1.82) is 5.26 Å². The number of nitriles is 1. The van der Waals surface area contributed by atoms with Gasteiger partial charge in [-0.2, -0.15) is 5.26 Å². The maximum absolute atomic E-state index is 8.58. The zero-order valence-corrected chi connectivity index (χ0v) is 16.5. The minimum Gasteiger partial charge on any atom is -0.494 e. The van der Waals surface area contributed by atoms with Gasteiger partial charge in [0, 0.05) is 19.0 Å². The molecule has 0 bridgehead atoms. The van der Waals surface area contributed by atoms with Crippen molar-refractivity contribution < 1.29 is 14.2 Å². The van der Waals surface area contributed by atoms with Gasteiger partial charge in [-0.25, -0.2) is 0 Å². The van der Waals surface area contributed by atoms with Gasteiger partial charge in [-0.15, -0.1) is 0 Å². The molecule has 2 aromatic rings. The first-order valence-corrected chi connectivity index (χ1v) is 9.13. The molecule has 0 heterocycles. The van der Waals surface area contributed by atoms with Crippen LogP contribution in [0.1, 0.15) is 42.5 Å². The topological polar surface area (TPSA) is 63.5 Å². The summed E-state index contributed by atoms with van der Waals surface area (Å²) in [6.07, 6.45) is 1.26. The first kappa shape index (κ1) is 20.6. The molecule has 5 nitrogen and oxygen atoms in total. The van der Waals surface area contributed by atoms with Gasteiger partial charge >= 0.3 is 0 Å². The molecular formula is C22H28N2O3. The summed E-state index contributed by atoms with van der Waals surface area (Å²) < 4.78 is 16.5. The van der Waals surface area contributed by atoms with Gasteiger partial charge in [-0.3, -0.25) is 0 Å². The van der Waals surface area contributed by atoms with Crippen molar-refractivity contribution in [3.63, 3.8) is 0 Å². The summed E-state index contributed by atoms with van der Waals surface area (Å²) in [6, 6.07) is 14.4. The van der Waals surface area contributed by atoms with E-state index < -0.39 is 0 Å². The molecule has 2 rings (SSSR count). The normalized spacial score (nSPS) is 11.5. The van der Waals surface area contributed by atoms with Gasteiger partial charge in [-0.05, 0) is 61.2 Å². The number of ether oxygens (including phenoxy) is 3. The van der Waals surface area contributed by atoms with E-state index in [4.69, 9.17) is 19.5 Å². The minimum atomic E-state index is 0.157. The van der Waals surface area contributed by atoms with Crippen molar-refractivity contribution in [2.75, 3.05) is 20.8 Å². The van der Waals surface area contributed by atoms with E-state index in [-0.39, 0.29) is 6.04 Å². The zero-order valence-electron chi connectivity index (χ0n) is 16.5. The van der Waals surface area contributed by atoms with Crippen LogP contribution in [0.5, 0.6) is 17.2 Å². The van der Waals surface area contributed by atoms with Crippen LogP contribution < -0.4 is 19.5 Å². The maximum Gasteiger partial charge on any atom is 0.161 e. The summed E-state index contributed by atoms with van der Waals surface area (Å²) in [5.74, 6) is 2.31. The van der Waals surface area contributed by atoms with Crippen LogP contribution in [0.2, 0.25) is 0 Å². The number of hydrogen-bond acceptors (Lipinski definition) is 5. The SMILES string of the molecule is COc1cc(C)c(C(C)NCc2cccc(OCCCC#N)c2)cc1OC. The Morgan fingerprint density at radius 1 is 1.11 bits per heavy atom. The quantitative estimate of drug-likeness (QED) is 0.624. The molecule has 0 aliphatic carbocycles. The summed E-state index contributed by atoms with van der Waals surface area (Å²) in [5.41, 5.74) is 3.48. The maximum atomic E-state index is 8.58. The van der Waals surface area contributed by atoms with Crippen LogP contribution in [-0.2, 0) is 6.54 Å². The van der Waals surface area contributed by atoms with Crippen LogP contribution in [-0.4, -0.2) is 20.8 Å². The van der Waals surface area contributed by atoms with Crippen molar-refractivity contribution in [2.45, 2.75) is 39.3 Å². The average Bonchev–Trinajstić information content (AvgIpc) is 2.69. The average molecular weight is 368 g/mol. The number of methoxy groups -OCH3 is 2. The van der Waals surface area contributed by atoms with Gasteiger partial charge in [0.15, 0.2) is 11.5 Å². The first-order valence-electron chi connectivity index (χ1n) is 9.13. The lowest BCUT2D eigenvalue weighted by Crippen LogP contribution is -2.19. The second-order valence-corrected chi connectivity index (χ2v) is 6.42. The van der Waals surface area contributed by atoms with E-state index in [2.05, 4.69) is 31.3 Å². The van der Waals surface area contributed by atoms with Crippen LogP contribution >= 0.6 is 0 Å². The van der Waals surface area contributed by atoms with E-state index in [1.54, 1.807) is 14.2 Å². The molecule has 144 valence electrons. The Morgan fingerprint density at radius 3 is 2.56 bits per heavy atom. The van der Waals surface area contributed by atoms with E-state index in [0.717, 1.165) is 41.3 Å². The van der Waals surface area contributed by atoms with Crippen LogP contribution in [0.15, 0.2) is 36.4 Å². The first-order chi connectivity index (χ1) is 13.1. The Morgan fingerprint density at radius 2 is 1.85 bits per heavy atom. The predicted octanol–water partition coefficient (Wildman–Crippen LogP) is 4.55. The lowest BCUT2D eigenvalue weighted by atomic mass is 10.0. The molecule has 0 aliphatic heterocycles. The molecule has 5 heteroatoms. The van der Waals surface area contributed by atoms with Gasteiger partial charge in [0.05, 0.1) is 26.9 Å². The number of hydrogen-bond donors (Lipinski definition) is 1. The molecule has 27 heavy (non-hydrogen) atoms. The molecule has 0 aliphatic rings. The van der Waals surface area contributed by atoms with Gasteiger partial charge in [0.25, 0.3) is 0 Å². The molecule has 1 N–H and O–H groups in total. The highest BCUT2D eigenvalue weighted by Crippen LogP contribution is 2.33. The van der Waals surface area contributed by atoms with Crippen molar-refractivity contribution in [1.82, 2.24) is 5.32 Å². The number of unbranched alkanes of at least 4 members (excludes halogenated alkanes) is 1. The third kappa shape index (κ3) is 5.90. The highest BCUT2D eigenvalue weighted by Gasteiger charge is 2.13. The Bertz CT molecular complexity index is 784. The number of aryl methyl sites for hydroxylation is 1. The van der Waals surface area contributed by atoms with Crippen molar-refractivity contribution in [3.8, 4) is 23.3 Å². The molecule has 2 aromatic carbocycles. The number of nitrogens with zero attached hydrogens (tertiary/aromatic N) is 1. The molecule has 0 radical (unpaired) electrons. The summed E-state index contributed by atoms with van der Waals surface area (Å²) >= 11 is 0. The molecule has 1 unspecified atom stereocenters. The van der Waals surface area contributed by atoms with E-state index in [1.165, 1.54) is 5.56 Å². The summed E-state index contributed by atoms with van der Waals surface area (Å²) in [5, 5.41) is 12.1. The van der Waals surface area contributed by atoms with E-state index in [1.807, 2.05) is 30.3 Å². The Kier molecular flexibility index (Phi) is 7.97. The highest BCUT2D eigenvalue weighted by molar-refractivity contribution is 5.48. The van der Waals surface area contributed by atoms with E-state index in [9.17, 15) is 0 Å². The number of rotatable bonds is 10. The summed E-state index contributed by atoms with van der Waals surface area (Å²) in [4.78, 5) is 0. The fraction of sp³-hybridized carbons (Fsp3) is 0.409. The molecule has 0 amide bonds. The van der Waals surface area contributed by atoms with Gasteiger partial charge in [0.1, 0.15) is 5.75 Å². The van der Waals surface area contributed by atoms with Gasteiger partial charge in [0.2, 0.25) is 0 Å². The van der Waals surface area contributed by atoms with Crippen LogP contribution in [0.25, 0.3) is 0 Å². The van der Waals surface area contributed by atoms with Crippen LogP contribution in [0.4, 0.5) is 0 Å². The lowest BCUT2D eigenvalue weighted by Gasteiger charge is -2.19. The fourth-order valence-corrected chi connectivity index (χ4v) is 2.93. The van der Waals surface area contributed by atoms with Crippen LogP contribution in [0, 0.1) is 18.3 Å². The molecular weight excluding hydrogens is 340 g/mol. The largest absolute Gasteiger partial charge is 0.494 e. The Balaban J connectivity index is 1.99. The monoisotopic (exact) mass is 368 g/mol. The zero-order chi connectivity index (χ0) is 19.6. The van der Waals surface area contributed by atoms with Crippen molar-refractivity contribution in [3.05, 3.63) is 53.1 Å². The molecule has 0 aromatic heterocycles. The summed E-state index contributed by atoms with van der Waals surface area (Å²) in [6.45, 7) is 5.50. The van der Waals surface area contributed by atoms with Gasteiger partial charge < -0.3 is 19.5 Å². The Labute approximate surface area is 161 Å². The summed E-state index contributed by atoms with van der Waals surface area (Å²) in [7, 11) is 3.30. The smallest absolute Gasteiger partial charge is 0.161 e. The lowest BCUT2D eigenvalue weighted by molar-refractivity contribution is 0.312. The Hall–Kier alpha value is -2.71. The fourth-order valence-electron chi connectivity index (χ4n) is 2.93. The van der Waals surface area contributed by atoms with E-state index >= 15 is 0 Å². The predicted molar refractivity (Wildman–Crippen MR) is 106 cm³/mol. The second-order valence-electron chi connectivity index (χ2n) is 6.42. The number of benzene rings is 2. The highest BCUT2D eigenvalue weighted by atomic mass is 16.5. The molecule has 1 atom stereocenters. The molecule has 0 saturated heterocycles. The standard InChI is InChI=1S/C22H28N2O3/c1-16-12-21(25-3)22(26-4)14-20(16)17(2)24-15-18-8-7-9-19(13-18)27-11-6-5-10-23/h7-9,12-14,17,24H,5-6,11,15H2,1-4H3. The third-order valence-corrected chi connectivity index (χ3v) is 4.45. The third-order valence-electron chi connectivity index (χ3n) is 4.45. The van der Waals surface area contributed by atoms with Crippen molar-refractivity contribution >= 4 is 0 Å². The number of nitrogens with one attached hydrogen (secondary N) is 1. The van der Waals surface area contributed by atoms with Gasteiger partial charge in [-0.1, -0.05) is 12.1 Å². The molecule has 0 fully saturated rings. The second kappa shape index (κ2) is 10.4. The van der Waals surface area contributed by atoms with Crippen LogP contribution in [0.3, 0.4) is 0 Å². The van der Waals surface area contributed by atoms with E-state index in [0.29, 0.717) is 13.0 Å². The van der Waals surface area contributed by atoms with Crippen molar-refractivity contribution in [2.24, 2.45) is 0 Å². The molecule has 0 saturated carbocycles. The molecule has 0 spiro atoms. The minimum absolute atomic E-state index is 0.157.